The lowest BCUT2D eigenvalue weighted by Crippen LogP contribution is -2.59. The summed E-state index contributed by atoms with van der Waals surface area (Å²) in [6.45, 7) is 3.52. The third kappa shape index (κ3) is 1.81. The molecule has 0 saturated carbocycles. The fourth-order valence-corrected chi connectivity index (χ4v) is 5.12. The number of hydrogen-bond acceptors (Lipinski definition) is 2. The summed E-state index contributed by atoms with van der Waals surface area (Å²) in [5.74, 6) is 1.79. The molecule has 2 aliphatic carbocycles. The van der Waals surface area contributed by atoms with E-state index in [0.717, 1.165) is 11.7 Å². The Morgan fingerprint density at radius 2 is 2.19 bits per heavy atom. The van der Waals surface area contributed by atoms with Gasteiger partial charge in [0.25, 0.3) is 0 Å². The molecule has 1 saturated heterocycles. The van der Waals surface area contributed by atoms with Crippen LogP contribution in [0.4, 0.5) is 0 Å². The van der Waals surface area contributed by atoms with Crippen LogP contribution in [0.2, 0.25) is 0 Å². The van der Waals surface area contributed by atoms with Crippen LogP contribution in [0.5, 0.6) is 5.75 Å². The van der Waals surface area contributed by atoms with Gasteiger partial charge in [0.2, 0.25) is 0 Å². The molecule has 3 atom stereocenters. The molecule has 3 unspecified atom stereocenters. The first-order valence-electron chi connectivity index (χ1n) is 8.20. The van der Waals surface area contributed by atoms with E-state index < -0.39 is 0 Å². The maximum absolute atomic E-state index is 5.51. The Balaban J connectivity index is 1.94. The number of likely N-dealkylation sites (N-methyl/N-ethyl adjacent to an activating group) is 1. The molecule has 0 spiro atoms. The summed E-state index contributed by atoms with van der Waals surface area (Å²) in [7, 11) is 4.09. The van der Waals surface area contributed by atoms with Gasteiger partial charge in [-0.15, -0.1) is 0 Å². The van der Waals surface area contributed by atoms with Gasteiger partial charge < -0.3 is 9.64 Å². The monoisotopic (exact) mass is 283 g/mol. The zero-order chi connectivity index (χ0) is 14.6. The first-order valence-corrected chi connectivity index (χ1v) is 8.20. The summed E-state index contributed by atoms with van der Waals surface area (Å²) in [6, 6.07) is 7.46. The molecule has 1 aromatic carbocycles. The third-order valence-corrected chi connectivity index (χ3v) is 6.17. The summed E-state index contributed by atoms with van der Waals surface area (Å²) in [5.41, 5.74) is 4.93. The standard InChI is InChI=1S/C19H25NO/c1-13-4-7-16-18-10-14-5-6-15(21-3)11-17(14)19(16,12-13)8-9-20(18)2/h5-6,11-12,16,18H,4,7-10H2,1-3H3. The van der Waals surface area contributed by atoms with Crippen molar-refractivity contribution in [2.45, 2.75) is 44.1 Å². The van der Waals surface area contributed by atoms with E-state index in [1.54, 1.807) is 18.2 Å². The minimum Gasteiger partial charge on any atom is -0.497 e. The molecular weight excluding hydrogens is 258 g/mol. The molecule has 1 aromatic rings. The number of ether oxygens (including phenoxy) is 1. The fourth-order valence-electron chi connectivity index (χ4n) is 5.12. The first kappa shape index (κ1) is 13.4. The van der Waals surface area contributed by atoms with Crippen molar-refractivity contribution >= 4 is 0 Å². The van der Waals surface area contributed by atoms with E-state index in [4.69, 9.17) is 4.74 Å². The lowest BCUT2D eigenvalue weighted by molar-refractivity contribution is 0.0439. The summed E-state index contributed by atoms with van der Waals surface area (Å²) in [4.78, 5) is 2.60. The van der Waals surface area contributed by atoms with Crippen LogP contribution in [0.1, 0.15) is 37.3 Å². The Kier molecular flexibility index (Phi) is 2.94. The smallest absolute Gasteiger partial charge is 0.119 e. The highest BCUT2D eigenvalue weighted by Crippen LogP contribution is 2.54. The fraction of sp³-hybridized carbons (Fsp3) is 0.579. The van der Waals surface area contributed by atoms with Gasteiger partial charge in [-0.05, 0) is 75.4 Å². The van der Waals surface area contributed by atoms with Crippen molar-refractivity contribution < 1.29 is 4.74 Å². The Bertz CT molecular complexity index is 606. The number of fused-ring (bicyclic) bond motifs is 1. The van der Waals surface area contributed by atoms with E-state index in [1.807, 2.05) is 0 Å². The second-order valence-corrected chi connectivity index (χ2v) is 7.20. The zero-order valence-electron chi connectivity index (χ0n) is 13.4. The molecule has 2 bridgehead atoms. The molecule has 3 aliphatic rings. The maximum atomic E-state index is 5.51. The van der Waals surface area contributed by atoms with Crippen molar-refractivity contribution in [1.29, 1.82) is 0 Å². The molecule has 112 valence electrons. The van der Waals surface area contributed by atoms with Crippen molar-refractivity contribution in [3.05, 3.63) is 41.0 Å². The molecule has 0 radical (unpaired) electrons. The van der Waals surface area contributed by atoms with Crippen LogP contribution >= 0.6 is 0 Å². The molecule has 0 amide bonds. The number of benzene rings is 1. The van der Waals surface area contributed by atoms with Gasteiger partial charge in [-0.2, -0.15) is 0 Å². The number of allylic oxidation sites excluding steroid dienone is 2. The van der Waals surface area contributed by atoms with Crippen LogP contribution in [0.25, 0.3) is 0 Å². The van der Waals surface area contributed by atoms with Gasteiger partial charge in [-0.25, -0.2) is 0 Å². The highest BCUT2D eigenvalue weighted by Gasteiger charge is 2.52. The van der Waals surface area contributed by atoms with E-state index in [2.05, 4.69) is 43.1 Å². The minimum absolute atomic E-state index is 0.266. The van der Waals surface area contributed by atoms with E-state index >= 15 is 0 Å². The summed E-state index contributed by atoms with van der Waals surface area (Å²) >= 11 is 0. The van der Waals surface area contributed by atoms with Crippen LogP contribution in [-0.4, -0.2) is 31.6 Å². The van der Waals surface area contributed by atoms with Crippen LogP contribution in [0.15, 0.2) is 29.8 Å². The highest BCUT2D eigenvalue weighted by atomic mass is 16.5. The van der Waals surface area contributed by atoms with Gasteiger partial charge >= 0.3 is 0 Å². The summed E-state index contributed by atoms with van der Waals surface area (Å²) in [5, 5.41) is 0. The molecular formula is C19H25NO. The second kappa shape index (κ2) is 4.61. The van der Waals surface area contributed by atoms with E-state index in [-0.39, 0.29) is 5.41 Å². The lowest BCUT2D eigenvalue weighted by Gasteiger charge is -2.57. The van der Waals surface area contributed by atoms with Gasteiger partial charge in [-0.1, -0.05) is 17.7 Å². The van der Waals surface area contributed by atoms with Crippen molar-refractivity contribution in [2.75, 3.05) is 20.7 Å². The van der Waals surface area contributed by atoms with Crippen molar-refractivity contribution in [2.24, 2.45) is 5.92 Å². The molecule has 4 rings (SSSR count). The van der Waals surface area contributed by atoms with Gasteiger partial charge in [0.1, 0.15) is 5.75 Å². The predicted octanol–water partition coefficient (Wildman–Crippen LogP) is 3.55. The molecule has 1 aliphatic heterocycles. The highest BCUT2D eigenvalue weighted by molar-refractivity contribution is 5.49. The Morgan fingerprint density at radius 3 is 3.00 bits per heavy atom. The maximum Gasteiger partial charge on any atom is 0.119 e. The normalized spacial score (nSPS) is 34.7. The molecule has 21 heavy (non-hydrogen) atoms. The average Bonchev–Trinajstić information content (AvgIpc) is 2.50. The number of methoxy groups -OCH3 is 1. The second-order valence-electron chi connectivity index (χ2n) is 7.20. The molecule has 2 heteroatoms. The molecule has 0 aromatic heterocycles. The Labute approximate surface area is 127 Å². The van der Waals surface area contributed by atoms with Crippen molar-refractivity contribution in [1.82, 2.24) is 4.90 Å². The summed E-state index contributed by atoms with van der Waals surface area (Å²) in [6.07, 6.45) is 7.68. The van der Waals surface area contributed by atoms with Crippen LogP contribution in [0.3, 0.4) is 0 Å². The Morgan fingerprint density at radius 1 is 1.33 bits per heavy atom. The van der Waals surface area contributed by atoms with Crippen LogP contribution < -0.4 is 4.74 Å². The van der Waals surface area contributed by atoms with Crippen molar-refractivity contribution in [3.8, 4) is 5.75 Å². The number of rotatable bonds is 1. The van der Waals surface area contributed by atoms with E-state index in [1.165, 1.54) is 37.8 Å². The number of hydrogen-bond donors (Lipinski definition) is 0. The third-order valence-electron chi connectivity index (χ3n) is 6.17. The SMILES string of the molecule is COc1ccc2c(c1)C13C=C(C)CCC1C(C2)N(C)CC3. The lowest BCUT2D eigenvalue weighted by atomic mass is 9.54. The van der Waals surface area contributed by atoms with Gasteiger partial charge in [0.05, 0.1) is 7.11 Å². The van der Waals surface area contributed by atoms with Gasteiger partial charge in [0.15, 0.2) is 0 Å². The predicted molar refractivity (Wildman–Crippen MR) is 85.9 cm³/mol. The summed E-state index contributed by atoms with van der Waals surface area (Å²) < 4.78 is 5.51. The quantitative estimate of drug-likeness (QED) is 0.731. The molecule has 1 heterocycles. The number of nitrogens with zero attached hydrogens (tertiary/aromatic N) is 1. The van der Waals surface area contributed by atoms with Crippen LogP contribution in [0, 0.1) is 5.92 Å². The zero-order valence-corrected chi connectivity index (χ0v) is 13.4. The first-order chi connectivity index (χ1) is 10.1. The number of piperidine rings is 1. The van der Waals surface area contributed by atoms with Gasteiger partial charge in [-0.3, -0.25) is 0 Å². The Hall–Kier alpha value is -1.28. The minimum atomic E-state index is 0.266. The van der Waals surface area contributed by atoms with Crippen LogP contribution in [-0.2, 0) is 11.8 Å². The van der Waals surface area contributed by atoms with E-state index in [0.29, 0.717) is 6.04 Å². The number of likely N-dealkylation sites (tertiary alicyclic amines) is 1. The average molecular weight is 283 g/mol. The molecule has 2 nitrogen and oxygen atoms in total. The van der Waals surface area contributed by atoms with Gasteiger partial charge in [0, 0.05) is 11.5 Å². The van der Waals surface area contributed by atoms with E-state index in [9.17, 15) is 0 Å². The van der Waals surface area contributed by atoms with Crippen molar-refractivity contribution in [3.63, 3.8) is 0 Å². The topological polar surface area (TPSA) is 12.5 Å². The largest absolute Gasteiger partial charge is 0.497 e. The molecule has 1 fully saturated rings. The molecule has 0 N–H and O–H groups in total.